The van der Waals surface area contributed by atoms with Crippen molar-refractivity contribution < 1.29 is 19.3 Å². The summed E-state index contributed by atoms with van der Waals surface area (Å²) in [5, 5.41) is 14.8. The number of β-amino-alcohol motifs (C(OH)–C–C–N with tert-alkyl or cyclic N) is 1. The number of nitrogens with one attached hydrogen (secondary N) is 1. The van der Waals surface area contributed by atoms with Crippen LogP contribution in [0.5, 0.6) is 0 Å². The average Bonchev–Trinajstić information content (AvgIpc) is 2.71. The van der Waals surface area contributed by atoms with Gasteiger partial charge in [0.25, 0.3) is 11.8 Å². The van der Waals surface area contributed by atoms with Gasteiger partial charge in [-0.05, 0) is 24.3 Å². The van der Waals surface area contributed by atoms with Crippen molar-refractivity contribution in [1.29, 1.82) is 0 Å². The van der Waals surface area contributed by atoms with E-state index in [9.17, 15) is 14.7 Å². The Kier molecular flexibility index (Phi) is 4.58. The third kappa shape index (κ3) is 2.91. The first kappa shape index (κ1) is 17.8. The Hall–Kier alpha value is -3.58. The van der Waals surface area contributed by atoms with E-state index >= 15 is 0 Å². The molecule has 0 aliphatic carbocycles. The van der Waals surface area contributed by atoms with Gasteiger partial charge in [-0.3, -0.25) is 19.9 Å². The minimum Gasteiger partial charge on any atom is -0.395 e. The van der Waals surface area contributed by atoms with Crippen LogP contribution in [0.1, 0.15) is 26.4 Å². The standard InChI is InChI=1S/C21H18N4O3/c1-24-10-3-2-5-14(24)13-22-23-18-9-8-17-19-15(18)6-4-7-16(19)20(27)25(11-12-26)21(17)28/h2-10,13,26H,11-12H2,1H3/p+1. The summed E-state index contributed by atoms with van der Waals surface area (Å²) in [6.07, 6.45) is 3.63. The Morgan fingerprint density at radius 3 is 2.61 bits per heavy atom. The second-order valence-electron chi connectivity index (χ2n) is 6.48. The molecule has 1 aromatic heterocycles. The maximum atomic E-state index is 12.7. The first-order valence-electron chi connectivity index (χ1n) is 8.88. The topological polar surface area (TPSA) is 85.9 Å². The lowest BCUT2D eigenvalue weighted by molar-refractivity contribution is -0.672. The summed E-state index contributed by atoms with van der Waals surface area (Å²) in [5.74, 6) is -0.789. The number of aryl methyl sites for hydroxylation is 1. The van der Waals surface area contributed by atoms with Crippen LogP contribution in [0.15, 0.2) is 59.8 Å². The Balaban J connectivity index is 1.74. The molecular formula is C21H19N4O3+. The number of aromatic nitrogens is 1. The van der Waals surface area contributed by atoms with E-state index in [1.807, 2.05) is 42.1 Å². The predicted octanol–water partition coefficient (Wildman–Crippen LogP) is 1.70. The minimum absolute atomic E-state index is 0.0219. The van der Waals surface area contributed by atoms with E-state index in [4.69, 9.17) is 0 Å². The molecular weight excluding hydrogens is 356 g/mol. The van der Waals surface area contributed by atoms with Gasteiger partial charge in [0.1, 0.15) is 13.3 Å². The van der Waals surface area contributed by atoms with Crippen molar-refractivity contribution in [3.05, 3.63) is 71.5 Å². The van der Waals surface area contributed by atoms with Crippen molar-refractivity contribution in [2.24, 2.45) is 12.1 Å². The molecule has 0 spiro atoms. The molecule has 1 aliphatic rings. The quantitative estimate of drug-likeness (QED) is 0.308. The summed E-state index contributed by atoms with van der Waals surface area (Å²) < 4.78 is 1.94. The number of aliphatic hydroxyl groups excluding tert-OH is 1. The van der Waals surface area contributed by atoms with Crippen LogP contribution in [0, 0.1) is 0 Å². The molecule has 0 atom stereocenters. The lowest BCUT2D eigenvalue weighted by atomic mass is 9.93. The lowest BCUT2D eigenvalue weighted by Gasteiger charge is -2.27. The molecule has 140 valence electrons. The number of nitrogens with zero attached hydrogens (tertiary/aromatic N) is 3. The number of imide groups is 1. The Morgan fingerprint density at radius 2 is 1.86 bits per heavy atom. The highest BCUT2D eigenvalue weighted by Crippen LogP contribution is 2.34. The molecule has 7 nitrogen and oxygen atoms in total. The van der Waals surface area contributed by atoms with Crippen LogP contribution in [-0.4, -0.2) is 41.2 Å². The van der Waals surface area contributed by atoms with Crippen LogP contribution in [0.4, 0.5) is 5.69 Å². The van der Waals surface area contributed by atoms with Gasteiger partial charge in [0.05, 0.1) is 18.8 Å². The van der Waals surface area contributed by atoms with Gasteiger partial charge < -0.3 is 5.11 Å². The van der Waals surface area contributed by atoms with Gasteiger partial charge >= 0.3 is 0 Å². The molecule has 3 aromatic rings. The maximum absolute atomic E-state index is 12.7. The van der Waals surface area contributed by atoms with Gasteiger partial charge in [0, 0.05) is 34.0 Å². The van der Waals surface area contributed by atoms with Crippen molar-refractivity contribution in [1.82, 2.24) is 4.90 Å². The third-order valence-electron chi connectivity index (χ3n) is 4.79. The number of carbonyl (C=O) groups is 2. The van der Waals surface area contributed by atoms with Crippen LogP contribution in [0.2, 0.25) is 0 Å². The molecule has 0 saturated carbocycles. The van der Waals surface area contributed by atoms with Gasteiger partial charge in [-0.1, -0.05) is 12.1 Å². The van der Waals surface area contributed by atoms with Gasteiger partial charge in [0.2, 0.25) is 5.69 Å². The number of hydrazone groups is 1. The maximum Gasteiger partial charge on any atom is 0.261 e. The number of benzene rings is 2. The normalized spacial score (nSPS) is 13.6. The van der Waals surface area contributed by atoms with Crippen molar-refractivity contribution in [2.45, 2.75) is 0 Å². The van der Waals surface area contributed by atoms with Crippen molar-refractivity contribution >= 4 is 34.5 Å². The molecule has 28 heavy (non-hydrogen) atoms. The summed E-state index contributed by atoms with van der Waals surface area (Å²) in [4.78, 5) is 26.5. The molecule has 0 bridgehead atoms. The molecule has 0 fully saturated rings. The van der Waals surface area contributed by atoms with Crippen LogP contribution < -0.4 is 9.99 Å². The lowest BCUT2D eigenvalue weighted by Crippen LogP contribution is -2.41. The minimum atomic E-state index is -0.394. The van der Waals surface area contributed by atoms with E-state index in [1.165, 1.54) is 0 Å². The number of carbonyl (C=O) groups excluding carboxylic acids is 2. The Bertz CT molecular complexity index is 1100. The Labute approximate surface area is 161 Å². The molecule has 1 aliphatic heterocycles. The highest BCUT2D eigenvalue weighted by molar-refractivity contribution is 6.26. The van der Waals surface area contributed by atoms with Crippen LogP contribution >= 0.6 is 0 Å². The number of anilines is 1. The zero-order valence-electron chi connectivity index (χ0n) is 15.3. The SMILES string of the molecule is C[n+]1ccccc1/C=N/Nc1ccc2c3c(cccc13)C(=O)N(CCO)C2=O. The molecule has 2 amide bonds. The van der Waals surface area contributed by atoms with Crippen molar-refractivity contribution in [2.75, 3.05) is 18.6 Å². The molecule has 0 unspecified atom stereocenters. The molecule has 4 rings (SSSR count). The van der Waals surface area contributed by atoms with Crippen LogP contribution in [0.25, 0.3) is 10.8 Å². The van der Waals surface area contributed by atoms with E-state index in [2.05, 4.69) is 10.5 Å². The molecule has 0 saturated heterocycles. The van der Waals surface area contributed by atoms with E-state index in [0.29, 0.717) is 22.2 Å². The summed E-state index contributed by atoms with van der Waals surface area (Å²) in [6.45, 7) is -0.292. The summed E-state index contributed by atoms with van der Waals surface area (Å²) >= 11 is 0. The van der Waals surface area contributed by atoms with E-state index in [0.717, 1.165) is 16.0 Å². The number of aliphatic hydroxyl groups is 1. The summed E-state index contributed by atoms with van der Waals surface area (Å²) in [6, 6.07) is 14.6. The smallest absolute Gasteiger partial charge is 0.261 e. The zero-order chi connectivity index (χ0) is 19.7. The molecule has 7 heteroatoms. The number of hydrogen-bond acceptors (Lipinski definition) is 5. The van der Waals surface area contributed by atoms with Crippen LogP contribution in [-0.2, 0) is 7.05 Å². The number of amides is 2. The van der Waals surface area contributed by atoms with Crippen molar-refractivity contribution in [3.63, 3.8) is 0 Å². The number of hydrogen-bond donors (Lipinski definition) is 2. The summed E-state index contributed by atoms with van der Waals surface area (Å²) in [7, 11) is 1.93. The molecule has 2 heterocycles. The predicted molar refractivity (Wildman–Crippen MR) is 105 cm³/mol. The second-order valence-corrected chi connectivity index (χ2v) is 6.48. The molecule has 2 N–H and O–H groups in total. The van der Waals surface area contributed by atoms with Crippen molar-refractivity contribution in [3.8, 4) is 0 Å². The van der Waals surface area contributed by atoms with E-state index in [-0.39, 0.29) is 13.2 Å². The van der Waals surface area contributed by atoms with Gasteiger partial charge in [0.15, 0.2) is 6.20 Å². The number of pyridine rings is 1. The Morgan fingerprint density at radius 1 is 1.07 bits per heavy atom. The third-order valence-corrected chi connectivity index (χ3v) is 4.79. The number of rotatable bonds is 5. The fraction of sp³-hybridized carbons (Fsp3) is 0.143. The summed E-state index contributed by atoms with van der Waals surface area (Å²) in [5.41, 5.74) is 5.53. The highest BCUT2D eigenvalue weighted by atomic mass is 16.3. The monoisotopic (exact) mass is 375 g/mol. The first-order valence-corrected chi connectivity index (χ1v) is 8.88. The zero-order valence-corrected chi connectivity index (χ0v) is 15.3. The van der Waals surface area contributed by atoms with E-state index < -0.39 is 11.8 Å². The van der Waals surface area contributed by atoms with Gasteiger partial charge in [-0.2, -0.15) is 5.10 Å². The first-order chi connectivity index (χ1) is 13.6. The second kappa shape index (κ2) is 7.21. The fourth-order valence-corrected chi connectivity index (χ4v) is 3.39. The average molecular weight is 375 g/mol. The van der Waals surface area contributed by atoms with Gasteiger partial charge in [-0.15, -0.1) is 0 Å². The fourth-order valence-electron chi connectivity index (χ4n) is 3.39. The van der Waals surface area contributed by atoms with Crippen LogP contribution in [0.3, 0.4) is 0 Å². The van der Waals surface area contributed by atoms with Gasteiger partial charge in [-0.25, -0.2) is 4.57 Å². The largest absolute Gasteiger partial charge is 0.395 e. The van der Waals surface area contributed by atoms with E-state index in [1.54, 1.807) is 30.5 Å². The molecule has 0 radical (unpaired) electrons. The highest BCUT2D eigenvalue weighted by Gasteiger charge is 2.32. The molecule has 2 aromatic carbocycles.